The first kappa shape index (κ1) is 8.70. The van der Waals surface area contributed by atoms with E-state index >= 15 is 0 Å². The van der Waals surface area contributed by atoms with Crippen LogP contribution in [0.1, 0.15) is 27.2 Å². The molecule has 0 aliphatic carbocycles. The summed E-state index contributed by atoms with van der Waals surface area (Å²) in [5, 5.41) is 3.35. The third-order valence-electron chi connectivity index (χ3n) is 1.43. The minimum absolute atomic E-state index is 0.654. The van der Waals surface area contributed by atoms with Gasteiger partial charge in [-0.25, -0.2) is 0 Å². The maximum atomic E-state index is 3.35. The summed E-state index contributed by atoms with van der Waals surface area (Å²) in [4.78, 5) is 0. The Morgan fingerprint density at radius 3 is 2.67 bits per heavy atom. The topological polar surface area (TPSA) is 12.0 Å². The zero-order valence-corrected chi connectivity index (χ0v) is 6.65. The van der Waals surface area contributed by atoms with E-state index in [0.717, 1.165) is 6.54 Å². The molecule has 0 aromatic heterocycles. The third-order valence-corrected chi connectivity index (χ3v) is 1.43. The highest BCUT2D eigenvalue weighted by molar-refractivity contribution is 4.80. The second kappa shape index (κ2) is 5.83. The van der Waals surface area contributed by atoms with Crippen LogP contribution in [0.3, 0.4) is 0 Å². The molecular weight excluding hydrogens is 110 g/mol. The largest absolute Gasteiger partial charge is 0.311 e. The molecule has 0 saturated heterocycles. The zero-order chi connectivity index (χ0) is 7.11. The van der Waals surface area contributed by atoms with Gasteiger partial charge >= 0.3 is 0 Å². The van der Waals surface area contributed by atoms with E-state index in [4.69, 9.17) is 0 Å². The maximum absolute atomic E-state index is 3.35. The highest BCUT2D eigenvalue weighted by Gasteiger charge is 1.91. The Kier molecular flexibility index (Phi) is 5.64. The molecule has 1 nitrogen and oxygen atoms in total. The average Bonchev–Trinajstić information content (AvgIpc) is 1.89. The molecular formula is C8H17N. The zero-order valence-electron chi connectivity index (χ0n) is 6.65. The summed E-state index contributed by atoms with van der Waals surface area (Å²) in [7, 11) is 0. The summed E-state index contributed by atoms with van der Waals surface area (Å²) in [5.41, 5.74) is 0. The van der Waals surface area contributed by atoms with Crippen molar-refractivity contribution >= 4 is 0 Å². The van der Waals surface area contributed by atoms with Gasteiger partial charge in [0.25, 0.3) is 0 Å². The van der Waals surface area contributed by atoms with Gasteiger partial charge in [-0.3, -0.25) is 0 Å². The molecule has 0 radical (unpaired) electrons. The SMILES string of the molecule is C/C=C/CNC(C)CC. The first-order valence-electron chi connectivity index (χ1n) is 3.65. The van der Waals surface area contributed by atoms with E-state index in [-0.39, 0.29) is 0 Å². The molecule has 54 valence electrons. The second-order valence-electron chi connectivity index (χ2n) is 2.29. The third kappa shape index (κ3) is 5.57. The van der Waals surface area contributed by atoms with Gasteiger partial charge in [0.1, 0.15) is 0 Å². The number of nitrogens with one attached hydrogen (secondary N) is 1. The Hall–Kier alpha value is -0.300. The van der Waals surface area contributed by atoms with Gasteiger partial charge in [0.05, 0.1) is 0 Å². The van der Waals surface area contributed by atoms with Crippen LogP contribution < -0.4 is 5.32 Å². The molecule has 0 aliphatic rings. The molecule has 0 spiro atoms. The van der Waals surface area contributed by atoms with Gasteiger partial charge in [0, 0.05) is 12.6 Å². The monoisotopic (exact) mass is 127 g/mol. The Balaban J connectivity index is 3.06. The molecule has 1 N–H and O–H groups in total. The first-order chi connectivity index (χ1) is 4.31. The molecule has 1 unspecified atom stereocenters. The molecule has 0 aliphatic heterocycles. The molecule has 0 rings (SSSR count). The summed E-state index contributed by atoms with van der Waals surface area (Å²) in [5.74, 6) is 0. The minimum Gasteiger partial charge on any atom is -0.311 e. The lowest BCUT2D eigenvalue weighted by atomic mass is 10.2. The number of hydrogen-bond acceptors (Lipinski definition) is 1. The van der Waals surface area contributed by atoms with Crippen LogP contribution in [-0.2, 0) is 0 Å². The molecule has 0 heterocycles. The lowest BCUT2D eigenvalue weighted by molar-refractivity contribution is 0.567. The fraction of sp³-hybridized carbons (Fsp3) is 0.750. The van der Waals surface area contributed by atoms with Crippen LogP contribution in [0.4, 0.5) is 0 Å². The van der Waals surface area contributed by atoms with Crippen LogP contribution >= 0.6 is 0 Å². The molecule has 0 amide bonds. The molecule has 9 heavy (non-hydrogen) atoms. The summed E-state index contributed by atoms with van der Waals surface area (Å²) in [6, 6.07) is 0.654. The normalized spacial score (nSPS) is 14.6. The quantitative estimate of drug-likeness (QED) is 0.569. The van der Waals surface area contributed by atoms with Crippen molar-refractivity contribution in [3.05, 3.63) is 12.2 Å². The van der Waals surface area contributed by atoms with Crippen molar-refractivity contribution in [3.63, 3.8) is 0 Å². The number of hydrogen-bond donors (Lipinski definition) is 1. The fourth-order valence-electron chi connectivity index (χ4n) is 0.531. The van der Waals surface area contributed by atoms with E-state index in [2.05, 4.69) is 31.3 Å². The number of rotatable bonds is 4. The molecule has 0 saturated carbocycles. The van der Waals surface area contributed by atoms with Crippen molar-refractivity contribution in [1.82, 2.24) is 5.32 Å². The smallest absolute Gasteiger partial charge is 0.0137 e. The van der Waals surface area contributed by atoms with E-state index in [1.165, 1.54) is 6.42 Å². The summed E-state index contributed by atoms with van der Waals surface area (Å²) in [6.45, 7) is 7.43. The second-order valence-corrected chi connectivity index (χ2v) is 2.29. The average molecular weight is 127 g/mol. The Bertz CT molecular complexity index is 76.6. The van der Waals surface area contributed by atoms with E-state index in [9.17, 15) is 0 Å². The van der Waals surface area contributed by atoms with Crippen molar-refractivity contribution < 1.29 is 0 Å². The summed E-state index contributed by atoms with van der Waals surface area (Å²) in [6.07, 6.45) is 5.40. The van der Waals surface area contributed by atoms with Crippen LogP contribution in [-0.4, -0.2) is 12.6 Å². The first-order valence-corrected chi connectivity index (χ1v) is 3.65. The molecule has 1 heteroatoms. The highest BCUT2D eigenvalue weighted by Crippen LogP contribution is 1.85. The van der Waals surface area contributed by atoms with Gasteiger partial charge in [-0.1, -0.05) is 19.1 Å². The standard InChI is InChI=1S/C8H17N/c1-4-6-7-9-8(3)5-2/h4,6,8-9H,5,7H2,1-3H3/b6-4+. The van der Waals surface area contributed by atoms with Crippen molar-refractivity contribution in [2.75, 3.05) is 6.54 Å². The Labute approximate surface area is 58.2 Å². The molecule has 0 fully saturated rings. The lowest BCUT2D eigenvalue weighted by Gasteiger charge is -2.07. The molecule has 0 aromatic rings. The predicted molar refractivity (Wildman–Crippen MR) is 42.6 cm³/mol. The van der Waals surface area contributed by atoms with Crippen LogP contribution in [0.25, 0.3) is 0 Å². The van der Waals surface area contributed by atoms with E-state index < -0.39 is 0 Å². The Morgan fingerprint density at radius 1 is 1.56 bits per heavy atom. The van der Waals surface area contributed by atoms with Crippen molar-refractivity contribution in [1.29, 1.82) is 0 Å². The van der Waals surface area contributed by atoms with Crippen LogP contribution in [0.15, 0.2) is 12.2 Å². The maximum Gasteiger partial charge on any atom is 0.0137 e. The van der Waals surface area contributed by atoms with Gasteiger partial charge < -0.3 is 5.32 Å². The lowest BCUT2D eigenvalue weighted by Crippen LogP contribution is -2.24. The van der Waals surface area contributed by atoms with Gasteiger partial charge in [0.15, 0.2) is 0 Å². The predicted octanol–water partition coefficient (Wildman–Crippen LogP) is 1.95. The molecule has 0 aromatic carbocycles. The van der Waals surface area contributed by atoms with Gasteiger partial charge in [-0.05, 0) is 20.3 Å². The van der Waals surface area contributed by atoms with Crippen LogP contribution in [0, 0.1) is 0 Å². The van der Waals surface area contributed by atoms with E-state index in [1.54, 1.807) is 0 Å². The van der Waals surface area contributed by atoms with Gasteiger partial charge in [0.2, 0.25) is 0 Å². The van der Waals surface area contributed by atoms with Crippen LogP contribution in [0.2, 0.25) is 0 Å². The number of allylic oxidation sites excluding steroid dienone is 1. The summed E-state index contributed by atoms with van der Waals surface area (Å²) < 4.78 is 0. The molecule has 1 atom stereocenters. The van der Waals surface area contributed by atoms with Gasteiger partial charge in [-0.15, -0.1) is 0 Å². The van der Waals surface area contributed by atoms with Crippen molar-refractivity contribution in [2.24, 2.45) is 0 Å². The molecule has 0 bridgehead atoms. The summed E-state index contributed by atoms with van der Waals surface area (Å²) >= 11 is 0. The van der Waals surface area contributed by atoms with Gasteiger partial charge in [-0.2, -0.15) is 0 Å². The van der Waals surface area contributed by atoms with Crippen LogP contribution in [0.5, 0.6) is 0 Å². The highest BCUT2D eigenvalue weighted by atomic mass is 14.9. The fourth-order valence-corrected chi connectivity index (χ4v) is 0.531. The minimum atomic E-state index is 0.654. The Morgan fingerprint density at radius 2 is 2.22 bits per heavy atom. The van der Waals surface area contributed by atoms with Crippen molar-refractivity contribution in [2.45, 2.75) is 33.2 Å². The van der Waals surface area contributed by atoms with Crippen molar-refractivity contribution in [3.8, 4) is 0 Å². The van der Waals surface area contributed by atoms with E-state index in [0.29, 0.717) is 6.04 Å². The van der Waals surface area contributed by atoms with E-state index in [1.807, 2.05) is 6.92 Å².